The van der Waals surface area contributed by atoms with Crippen molar-refractivity contribution in [2.75, 3.05) is 31.0 Å². The van der Waals surface area contributed by atoms with Gasteiger partial charge in [-0.05, 0) is 41.8 Å². The Hall–Kier alpha value is -3.16. The Bertz CT molecular complexity index is 941. The van der Waals surface area contributed by atoms with Gasteiger partial charge in [0, 0.05) is 18.5 Å². The molecule has 0 aliphatic carbocycles. The van der Waals surface area contributed by atoms with E-state index in [4.69, 9.17) is 9.47 Å². The lowest BCUT2D eigenvalue weighted by atomic mass is 10.1. The molecule has 0 radical (unpaired) electrons. The van der Waals surface area contributed by atoms with Crippen LogP contribution >= 0.6 is 11.3 Å². The van der Waals surface area contributed by atoms with Gasteiger partial charge in [0.2, 0.25) is 0 Å². The number of thiophene rings is 1. The average Bonchev–Trinajstić information content (AvgIpc) is 3.24. The fraction of sp³-hybridized carbons (Fsp3) is 0.143. The minimum atomic E-state index is -0.297. The number of hydrogen-bond donors (Lipinski definition) is 2. The summed E-state index contributed by atoms with van der Waals surface area (Å²) in [6, 6.07) is 17.6. The monoisotopic (exact) mass is 396 g/mol. The second-order valence-electron chi connectivity index (χ2n) is 5.80. The van der Waals surface area contributed by atoms with Gasteiger partial charge in [-0.25, -0.2) is 0 Å². The van der Waals surface area contributed by atoms with Gasteiger partial charge in [0.15, 0.2) is 0 Å². The highest BCUT2D eigenvalue weighted by Gasteiger charge is 2.13. The van der Waals surface area contributed by atoms with Crippen LogP contribution in [0.15, 0.2) is 66.0 Å². The maximum atomic E-state index is 12.7. The molecule has 28 heavy (non-hydrogen) atoms. The molecule has 6 nitrogen and oxygen atoms in total. The first-order chi connectivity index (χ1) is 13.7. The number of anilines is 2. The van der Waals surface area contributed by atoms with Crippen molar-refractivity contribution in [1.82, 2.24) is 0 Å². The molecule has 0 aliphatic heterocycles. The van der Waals surface area contributed by atoms with E-state index < -0.39 is 0 Å². The van der Waals surface area contributed by atoms with Crippen molar-refractivity contribution < 1.29 is 19.1 Å². The van der Waals surface area contributed by atoms with E-state index in [2.05, 4.69) is 10.6 Å². The molecule has 1 heterocycles. The normalized spacial score (nSPS) is 10.3. The topological polar surface area (TPSA) is 76.7 Å². The van der Waals surface area contributed by atoms with Gasteiger partial charge in [-0.2, -0.15) is 0 Å². The highest BCUT2D eigenvalue weighted by molar-refractivity contribution is 7.12. The number of rotatable bonds is 8. The molecule has 0 unspecified atom stereocenters. The van der Waals surface area contributed by atoms with Gasteiger partial charge in [0.1, 0.15) is 12.4 Å². The van der Waals surface area contributed by atoms with E-state index in [1.165, 1.54) is 11.3 Å². The summed E-state index contributed by atoms with van der Waals surface area (Å²) >= 11 is 1.37. The Morgan fingerprint density at radius 2 is 1.64 bits per heavy atom. The van der Waals surface area contributed by atoms with Crippen LogP contribution in [-0.2, 0) is 4.74 Å². The molecule has 3 rings (SSSR count). The SMILES string of the molecule is COCCOc1ccccc1C(=O)Nc1cccc(NC(=O)c2cccs2)c1. The molecule has 2 aromatic carbocycles. The summed E-state index contributed by atoms with van der Waals surface area (Å²) in [6.07, 6.45) is 0. The van der Waals surface area contributed by atoms with Crippen LogP contribution in [0.25, 0.3) is 0 Å². The number of carbonyl (C=O) groups is 2. The fourth-order valence-electron chi connectivity index (χ4n) is 2.49. The van der Waals surface area contributed by atoms with Gasteiger partial charge >= 0.3 is 0 Å². The third-order valence-electron chi connectivity index (χ3n) is 3.80. The third-order valence-corrected chi connectivity index (χ3v) is 4.67. The molecule has 0 bridgehead atoms. The Kier molecular flexibility index (Phi) is 6.78. The molecule has 0 saturated carbocycles. The predicted molar refractivity (Wildman–Crippen MR) is 110 cm³/mol. The van der Waals surface area contributed by atoms with E-state index in [9.17, 15) is 9.59 Å². The highest BCUT2D eigenvalue weighted by atomic mass is 32.1. The third kappa shape index (κ3) is 5.18. The summed E-state index contributed by atoms with van der Waals surface area (Å²) in [6.45, 7) is 0.785. The van der Waals surface area contributed by atoms with E-state index in [1.54, 1.807) is 61.7 Å². The van der Waals surface area contributed by atoms with Crippen LogP contribution in [0.5, 0.6) is 5.75 Å². The zero-order chi connectivity index (χ0) is 19.8. The number of nitrogens with one attached hydrogen (secondary N) is 2. The van der Waals surface area contributed by atoms with E-state index in [-0.39, 0.29) is 11.8 Å². The van der Waals surface area contributed by atoms with Crippen LogP contribution in [0.1, 0.15) is 20.0 Å². The van der Waals surface area contributed by atoms with Crippen LogP contribution < -0.4 is 15.4 Å². The van der Waals surface area contributed by atoms with Crippen LogP contribution in [0.2, 0.25) is 0 Å². The Morgan fingerprint density at radius 1 is 0.893 bits per heavy atom. The quantitative estimate of drug-likeness (QED) is 0.557. The molecule has 144 valence electrons. The van der Waals surface area contributed by atoms with Crippen molar-refractivity contribution in [3.63, 3.8) is 0 Å². The molecule has 0 saturated heterocycles. The molecule has 7 heteroatoms. The maximum Gasteiger partial charge on any atom is 0.265 e. The molecular weight excluding hydrogens is 376 g/mol. The number of carbonyl (C=O) groups excluding carboxylic acids is 2. The van der Waals surface area contributed by atoms with Crippen molar-refractivity contribution in [2.24, 2.45) is 0 Å². The van der Waals surface area contributed by atoms with Crippen molar-refractivity contribution in [3.05, 3.63) is 76.5 Å². The zero-order valence-corrected chi connectivity index (χ0v) is 16.1. The lowest BCUT2D eigenvalue weighted by molar-refractivity contribution is 0.101. The van der Waals surface area contributed by atoms with E-state index in [0.717, 1.165) is 0 Å². The van der Waals surface area contributed by atoms with Gasteiger partial charge in [-0.1, -0.05) is 24.3 Å². The number of ether oxygens (including phenoxy) is 2. The molecular formula is C21H20N2O4S. The van der Waals surface area contributed by atoms with E-state index in [0.29, 0.717) is 40.8 Å². The number of methoxy groups -OCH3 is 1. The number of benzene rings is 2. The molecule has 0 spiro atoms. The minimum absolute atomic E-state index is 0.185. The molecule has 2 amide bonds. The van der Waals surface area contributed by atoms with E-state index in [1.807, 2.05) is 11.4 Å². The summed E-state index contributed by atoms with van der Waals surface area (Å²) in [5, 5.41) is 7.51. The van der Waals surface area contributed by atoms with Crippen LogP contribution in [0.4, 0.5) is 11.4 Å². The number of hydrogen-bond acceptors (Lipinski definition) is 5. The van der Waals surface area contributed by atoms with Crippen molar-refractivity contribution in [3.8, 4) is 5.75 Å². The van der Waals surface area contributed by atoms with Crippen molar-refractivity contribution >= 4 is 34.5 Å². The first-order valence-electron chi connectivity index (χ1n) is 8.64. The molecule has 3 aromatic rings. The first-order valence-corrected chi connectivity index (χ1v) is 9.52. The summed E-state index contributed by atoms with van der Waals surface area (Å²) in [7, 11) is 1.59. The Morgan fingerprint density at radius 3 is 2.36 bits per heavy atom. The lowest BCUT2D eigenvalue weighted by Crippen LogP contribution is -2.15. The first kappa shape index (κ1) is 19.6. The summed E-state index contributed by atoms with van der Waals surface area (Å²) in [4.78, 5) is 25.5. The largest absolute Gasteiger partial charge is 0.490 e. The van der Waals surface area contributed by atoms with Gasteiger partial charge in [0.05, 0.1) is 17.0 Å². The fourth-order valence-corrected chi connectivity index (χ4v) is 3.11. The van der Waals surface area contributed by atoms with Gasteiger partial charge in [-0.3, -0.25) is 9.59 Å². The molecule has 1 aromatic heterocycles. The molecule has 0 aliphatic rings. The summed E-state index contributed by atoms with van der Waals surface area (Å²) in [5.74, 6) is 0.00400. The molecule has 0 atom stereocenters. The molecule has 2 N–H and O–H groups in total. The maximum absolute atomic E-state index is 12.7. The Balaban J connectivity index is 1.69. The number of amides is 2. The van der Waals surface area contributed by atoms with Crippen molar-refractivity contribution in [2.45, 2.75) is 0 Å². The smallest absolute Gasteiger partial charge is 0.265 e. The summed E-state index contributed by atoms with van der Waals surface area (Å²) in [5.41, 5.74) is 1.59. The van der Waals surface area contributed by atoms with E-state index >= 15 is 0 Å². The lowest BCUT2D eigenvalue weighted by Gasteiger charge is -2.12. The van der Waals surface area contributed by atoms with Crippen LogP contribution in [0, 0.1) is 0 Å². The second kappa shape index (κ2) is 9.68. The molecule has 0 fully saturated rings. The standard InChI is InChI=1S/C21H20N2O4S/c1-26-11-12-27-18-9-3-2-8-17(18)20(24)22-15-6-4-7-16(14-15)23-21(25)19-10-5-13-28-19/h2-10,13-14H,11-12H2,1H3,(H,22,24)(H,23,25). The van der Waals surface area contributed by atoms with Gasteiger partial charge in [-0.15, -0.1) is 11.3 Å². The second-order valence-corrected chi connectivity index (χ2v) is 6.75. The predicted octanol–water partition coefficient (Wildman–Crippen LogP) is 4.28. The van der Waals surface area contributed by atoms with Crippen LogP contribution in [0.3, 0.4) is 0 Å². The summed E-state index contributed by atoms with van der Waals surface area (Å²) < 4.78 is 10.6. The Labute approximate surface area is 167 Å². The highest BCUT2D eigenvalue weighted by Crippen LogP contribution is 2.22. The van der Waals surface area contributed by atoms with Crippen LogP contribution in [-0.4, -0.2) is 32.1 Å². The zero-order valence-electron chi connectivity index (χ0n) is 15.3. The van der Waals surface area contributed by atoms with Gasteiger partial charge < -0.3 is 20.1 Å². The number of para-hydroxylation sites is 1. The van der Waals surface area contributed by atoms with Gasteiger partial charge in [0.25, 0.3) is 11.8 Å². The van der Waals surface area contributed by atoms with Crippen molar-refractivity contribution in [1.29, 1.82) is 0 Å². The average molecular weight is 396 g/mol. The minimum Gasteiger partial charge on any atom is -0.490 e.